The van der Waals surface area contributed by atoms with Gasteiger partial charge in [0.05, 0.1) is 12.0 Å². The van der Waals surface area contributed by atoms with Crippen molar-refractivity contribution in [2.24, 2.45) is 0 Å². The Kier molecular flexibility index (Phi) is 5.83. The molecule has 1 N–H and O–H groups in total. The van der Waals surface area contributed by atoms with Gasteiger partial charge in [-0.05, 0) is 43.4 Å². The van der Waals surface area contributed by atoms with Crippen molar-refractivity contribution in [1.82, 2.24) is 14.5 Å². The van der Waals surface area contributed by atoms with E-state index in [4.69, 9.17) is 9.47 Å². The maximum absolute atomic E-state index is 12.4. The molecule has 0 aliphatic rings. The first-order chi connectivity index (χ1) is 11.7. The predicted octanol–water partition coefficient (Wildman–Crippen LogP) is 3.10. The highest BCUT2D eigenvalue weighted by atomic mass is 127. The molecule has 2 aromatic rings. The van der Waals surface area contributed by atoms with Gasteiger partial charge in [-0.3, -0.25) is 0 Å². The molecule has 2 rings (SSSR count). The lowest BCUT2D eigenvalue weighted by atomic mass is 10.2. The zero-order valence-corrected chi connectivity index (χ0v) is 16.5. The van der Waals surface area contributed by atoms with Crippen molar-refractivity contribution in [3.63, 3.8) is 0 Å². The molecule has 0 spiro atoms. The maximum Gasteiger partial charge on any atom is 0.425 e. The molecular weight excluding hydrogens is 443 g/mol. The topological polar surface area (TPSA) is 107 Å². The second-order valence-electron chi connectivity index (χ2n) is 6.16. The van der Waals surface area contributed by atoms with E-state index in [-0.39, 0.29) is 5.82 Å². The molecule has 0 aliphatic carbocycles. The van der Waals surface area contributed by atoms with Crippen LogP contribution in [0.4, 0.5) is 15.4 Å². The fourth-order valence-electron chi connectivity index (χ4n) is 2.15. The minimum absolute atomic E-state index is 0.0349. The first-order valence-corrected chi connectivity index (χ1v) is 8.48. The standard InChI is InChI=1S/C15H19IN4O5/c1-15(2,3)25-14(23)20(13(21)22)12-10-9(16)7-19(5-6-24-4)11(10)17-8-18-12/h7-8H,5-6H2,1-4H3,(H,21,22). The van der Waals surface area contributed by atoms with Gasteiger partial charge in [0.15, 0.2) is 5.82 Å². The smallest absolute Gasteiger partial charge is 0.425 e. The van der Waals surface area contributed by atoms with Crippen LogP contribution >= 0.6 is 22.6 Å². The number of nitrogens with zero attached hydrogens (tertiary/aromatic N) is 4. The number of rotatable bonds is 4. The molecule has 0 bridgehead atoms. The van der Waals surface area contributed by atoms with Crippen molar-refractivity contribution < 1.29 is 24.2 Å². The molecule has 25 heavy (non-hydrogen) atoms. The monoisotopic (exact) mass is 462 g/mol. The van der Waals surface area contributed by atoms with Gasteiger partial charge in [-0.1, -0.05) is 0 Å². The highest BCUT2D eigenvalue weighted by Gasteiger charge is 2.32. The van der Waals surface area contributed by atoms with Gasteiger partial charge in [0.2, 0.25) is 0 Å². The van der Waals surface area contributed by atoms with E-state index in [0.717, 1.165) is 0 Å². The fourth-order valence-corrected chi connectivity index (χ4v) is 2.97. The van der Waals surface area contributed by atoms with E-state index >= 15 is 0 Å². The number of aromatic nitrogens is 3. The number of fused-ring (bicyclic) bond motifs is 1. The van der Waals surface area contributed by atoms with Gasteiger partial charge in [-0.15, -0.1) is 0 Å². The number of carboxylic acid groups (broad SMARTS) is 1. The average molecular weight is 462 g/mol. The number of carbonyl (C=O) groups excluding carboxylic acids is 1. The van der Waals surface area contributed by atoms with Crippen molar-refractivity contribution >= 4 is 51.6 Å². The van der Waals surface area contributed by atoms with Crippen LogP contribution in [-0.4, -0.2) is 51.1 Å². The Morgan fingerprint density at radius 2 is 2.04 bits per heavy atom. The van der Waals surface area contributed by atoms with Gasteiger partial charge < -0.3 is 19.1 Å². The molecule has 0 atom stereocenters. The molecule has 136 valence electrons. The summed E-state index contributed by atoms with van der Waals surface area (Å²) in [5.74, 6) is -0.0349. The molecule has 9 nitrogen and oxygen atoms in total. The molecule has 0 aromatic carbocycles. The second kappa shape index (κ2) is 7.52. The summed E-state index contributed by atoms with van der Waals surface area (Å²) < 4.78 is 12.8. The van der Waals surface area contributed by atoms with Crippen molar-refractivity contribution in [2.75, 3.05) is 18.6 Å². The van der Waals surface area contributed by atoms with E-state index in [9.17, 15) is 14.7 Å². The molecular formula is C15H19IN4O5. The number of halogens is 1. The van der Waals surface area contributed by atoms with Crippen LogP contribution in [0.5, 0.6) is 0 Å². The van der Waals surface area contributed by atoms with Gasteiger partial charge in [0.25, 0.3) is 0 Å². The number of ether oxygens (including phenoxy) is 2. The summed E-state index contributed by atoms with van der Waals surface area (Å²) in [6.45, 7) is 5.97. The van der Waals surface area contributed by atoms with Crippen LogP contribution in [0.3, 0.4) is 0 Å². The van der Waals surface area contributed by atoms with Crippen molar-refractivity contribution in [2.45, 2.75) is 32.9 Å². The van der Waals surface area contributed by atoms with E-state index in [2.05, 4.69) is 32.6 Å². The Labute approximate surface area is 158 Å². The van der Waals surface area contributed by atoms with Crippen LogP contribution in [-0.2, 0) is 16.0 Å². The summed E-state index contributed by atoms with van der Waals surface area (Å²) in [5.41, 5.74) is -0.324. The first-order valence-electron chi connectivity index (χ1n) is 7.40. The Morgan fingerprint density at radius 1 is 1.36 bits per heavy atom. The number of amides is 2. The quantitative estimate of drug-likeness (QED) is 0.696. The summed E-state index contributed by atoms with van der Waals surface area (Å²) in [6, 6.07) is 0. The molecule has 0 fully saturated rings. The SMILES string of the molecule is COCCn1cc(I)c2c(N(C(=O)O)C(=O)OC(C)(C)C)ncnc21. The van der Waals surface area contributed by atoms with Crippen molar-refractivity contribution in [3.8, 4) is 0 Å². The molecule has 10 heteroatoms. The minimum Gasteiger partial charge on any atom is -0.464 e. The van der Waals surface area contributed by atoms with Crippen molar-refractivity contribution in [1.29, 1.82) is 0 Å². The Hall–Kier alpha value is -1.95. The lowest BCUT2D eigenvalue weighted by molar-refractivity contribution is 0.0581. The molecule has 2 aromatic heterocycles. The van der Waals surface area contributed by atoms with Crippen LogP contribution in [0.1, 0.15) is 20.8 Å². The molecule has 0 radical (unpaired) electrons. The fraction of sp³-hybridized carbons (Fsp3) is 0.467. The molecule has 0 saturated carbocycles. The van der Waals surface area contributed by atoms with Crippen molar-refractivity contribution in [3.05, 3.63) is 16.1 Å². The van der Waals surface area contributed by atoms with Crippen LogP contribution in [0.15, 0.2) is 12.5 Å². The lowest BCUT2D eigenvalue weighted by Gasteiger charge is -2.24. The van der Waals surface area contributed by atoms with E-state index in [0.29, 0.717) is 32.7 Å². The highest BCUT2D eigenvalue weighted by Crippen LogP contribution is 2.30. The van der Waals surface area contributed by atoms with Gasteiger partial charge in [0, 0.05) is 23.4 Å². The lowest BCUT2D eigenvalue weighted by Crippen LogP contribution is -2.40. The van der Waals surface area contributed by atoms with Crippen LogP contribution in [0.2, 0.25) is 0 Å². The van der Waals surface area contributed by atoms with Crippen LogP contribution in [0, 0.1) is 3.57 Å². The summed E-state index contributed by atoms with van der Waals surface area (Å²) in [7, 11) is 1.59. The summed E-state index contributed by atoms with van der Waals surface area (Å²) in [5, 5.41) is 9.99. The third kappa shape index (κ3) is 4.37. The normalized spacial score (nSPS) is 11.6. The summed E-state index contributed by atoms with van der Waals surface area (Å²) in [6.07, 6.45) is 0.532. The Balaban J connectivity index is 2.55. The van der Waals surface area contributed by atoms with Gasteiger partial charge >= 0.3 is 12.2 Å². The Morgan fingerprint density at radius 3 is 2.60 bits per heavy atom. The number of hydrogen-bond acceptors (Lipinski definition) is 6. The van der Waals surface area contributed by atoms with Crippen LogP contribution < -0.4 is 4.90 Å². The van der Waals surface area contributed by atoms with E-state index in [1.807, 2.05) is 4.57 Å². The highest BCUT2D eigenvalue weighted by molar-refractivity contribution is 14.1. The van der Waals surface area contributed by atoms with Gasteiger partial charge in [-0.25, -0.2) is 19.6 Å². The van der Waals surface area contributed by atoms with Gasteiger partial charge in [0.1, 0.15) is 17.6 Å². The zero-order valence-electron chi connectivity index (χ0n) is 14.3. The van der Waals surface area contributed by atoms with Crippen LogP contribution in [0.25, 0.3) is 11.0 Å². The number of hydrogen-bond donors (Lipinski definition) is 1. The van der Waals surface area contributed by atoms with Gasteiger partial charge in [-0.2, -0.15) is 4.90 Å². The minimum atomic E-state index is -1.48. The summed E-state index contributed by atoms with van der Waals surface area (Å²) >= 11 is 2.05. The molecule has 0 saturated heterocycles. The number of carbonyl (C=O) groups is 2. The second-order valence-corrected chi connectivity index (χ2v) is 7.32. The predicted molar refractivity (Wildman–Crippen MR) is 98.9 cm³/mol. The number of methoxy groups -OCH3 is 1. The first kappa shape index (κ1) is 19.4. The molecule has 0 unspecified atom stereocenters. The van der Waals surface area contributed by atoms with E-state index in [1.165, 1.54) is 6.33 Å². The largest absolute Gasteiger partial charge is 0.464 e. The molecule has 0 aliphatic heterocycles. The molecule has 2 heterocycles. The third-order valence-corrected chi connectivity index (χ3v) is 3.92. The zero-order chi connectivity index (χ0) is 18.8. The molecule has 2 amide bonds. The average Bonchev–Trinajstić information content (AvgIpc) is 2.80. The van der Waals surface area contributed by atoms with E-state index in [1.54, 1.807) is 34.1 Å². The summed E-state index contributed by atoms with van der Waals surface area (Å²) in [4.78, 5) is 32.8. The maximum atomic E-state index is 12.4. The number of imide groups is 1. The number of anilines is 1. The van der Waals surface area contributed by atoms with E-state index < -0.39 is 17.8 Å². The Bertz CT molecular complexity index is 799. The third-order valence-electron chi connectivity index (χ3n) is 3.10.